The van der Waals surface area contributed by atoms with Crippen LogP contribution in [0.25, 0.3) is 5.57 Å². The van der Waals surface area contributed by atoms with E-state index >= 15 is 0 Å². The molecule has 2 aromatic rings. The van der Waals surface area contributed by atoms with E-state index in [0.29, 0.717) is 54.0 Å². The van der Waals surface area contributed by atoms with Gasteiger partial charge in [0, 0.05) is 60.8 Å². The normalized spacial score (nSPS) is 24.6. The topological polar surface area (TPSA) is 118 Å². The van der Waals surface area contributed by atoms with Crippen molar-refractivity contribution in [1.82, 2.24) is 10.2 Å². The molecule has 0 spiro atoms. The van der Waals surface area contributed by atoms with Crippen molar-refractivity contribution in [2.45, 2.75) is 43.0 Å². The second kappa shape index (κ2) is 8.78. The van der Waals surface area contributed by atoms with Crippen molar-refractivity contribution in [3.05, 3.63) is 58.8 Å². The van der Waals surface area contributed by atoms with Crippen molar-refractivity contribution in [1.29, 1.82) is 5.26 Å². The summed E-state index contributed by atoms with van der Waals surface area (Å²) in [4.78, 5) is 2.59. The summed E-state index contributed by atoms with van der Waals surface area (Å²) in [6, 6.07) is 11.1. The Balaban J connectivity index is 1.30. The summed E-state index contributed by atoms with van der Waals surface area (Å²) >= 11 is 0. The van der Waals surface area contributed by atoms with E-state index in [4.69, 9.17) is 4.74 Å². The van der Waals surface area contributed by atoms with E-state index < -0.39 is 16.3 Å². The predicted octanol–water partition coefficient (Wildman–Crippen LogP) is 2.15. The van der Waals surface area contributed by atoms with E-state index in [9.17, 15) is 18.8 Å². The Morgan fingerprint density at radius 1 is 1.33 bits per heavy atom. The molecule has 0 saturated carbocycles. The number of sulfonamides is 1. The van der Waals surface area contributed by atoms with Crippen LogP contribution in [-0.4, -0.2) is 63.4 Å². The van der Waals surface area contributed by atoms with Gasteiger partial charge in [0.1, 0.15) is 0 Å². The Morgan fingerprint density at radius 3 is 2.94 bits per heavy atom. The number of allylic oxidation sites excluding steroid dienone is 1. The monoisotopic (exact) mass is 507 g/mol. The molecule has 10 heteroatoms. The molecule has 2 fully saturated rings. The quantitative estimate of drug-likeness (QED) is 0.545. The fraction of sp³-hybridized carbons (Fsp3) is 0.423. The van der Waals surface area contributed by atoms with Gasteiger partial charge in [0.05, 0.1) is 34.9 Å². The number of hydrogen-bond donors (Lipinski definition) is 3. The maximum Gasteiger partial charge on any atom is 0.264 e. The molecule has 4 aliphatic rings. The molecule has 4 aliphatic heterocycles. The number of nitrogens with one attached hydrogen (secondary N) is 2. The number of fused-ring (bicyclic) bond motifs is 4. The van der Waals surface area contributed by atoms with Gasteiger partial charge in [-0.15, -0.1) is 0 Å². The van der Waals surface area contributed by atoms with Gasteiger partial charge in [-0.1, -0.05) is 12.1 Å². The lowest BCUT2D eigenvalue weighted by Crippen LogP contribution is -2.39. The largest absolute Gasteiger partial charge is 0.383 e. The van der Waals surface area contributed by atoms with E-state index in [1.807, 2.05) is 13.0 Å². The van der Waals surface area contributed by atoms with Gasteiger partial charge in [0.25, 0.3) is 10.0 Å². The molecule has 2 aromatic carbocycles. The molecule has 0 aromatic heterocycles. The number of nitriles is 1. The van der Waals surface area contributed by atoms with Crippen LogP contribution in [0.4, 0.5) is 11.4 Å². The highest BCUT2D eigenvalue weighted by atomic mass is 32.2. The van der Waals surface area contributed by atoms with E-state index in [1.54, 1.807) is 30.5 Å². The summed E-state index contributed by atoms with van der Waals surface area (Å²) in [5.74, 6) is 0. The molecule has 1 unspecified atom stereocenters. The van der Waals surface area contributed by atoms with Crippen molar-refractivity contribution in [2.75, 3.05) is 42.4 Å². The molecule has 3 N–H and O–H groups in total. The number of aliphatic hydroxyl groups is 1. The number of ether oxygens (including phenoxy) is 1. The average Bonchev–Trinajstić information content (AvgIpc) is 3.62. The van der Waals surface area contributed by atoms with Crippen LogP contribution in [0.15, 0.2) is 41.4 Å². The van der Waals surface area contributed by atoms with Crippen molar-refractivity contribution >= 4 is 27.0 Å². The van der Waals surface area contributed by atoms with Gasteiger partial charge >= 0.3 is 0 Å². The molecule has 0 aliphatic carbocycles. The summed E-state index contributed by atoms with van der Waals surface area (Å²) in [6.07, 6.45) is 2.66. The third kappa shape index (κ3) is 3.74. The van der Waals surface area contributed by atoms with Gasteiger partial charge in [0.15, 0.2) is 6.23 Å². The number of nitrogens with zero attached hydrogens (tertiary/aromatic N) is 3. The maximum absolute atomic E-state index is 14.0. The van der Waals surface area contributed by atoms with Crippen LogP contribution in [0.5, 0.6) is 0 Å². The molecule has 3 atom stereocenters. The molecule has 6 rings (SSSR count). The van der Waals surface area contributed by atoms with Crippen molar-refractivity contribution in [3.63, 3.8) is 0 Å². The van der Waals surface area contributed by atoms with Crippen molar-refractivity contribution < 1.29 is 18.3 Å². The first kappa shape index (κ1) is 23.3. The van der Waals surface area contributed by atoms with Crippen LogP contribution < -0.4 is 14.9 Å². The van der Waals surface area contributed by atoms with Crippen LogP contribution in [0.3, 0.4) is 0 Å². The fourth-order valence-corrected chi connectivity index (χ4v) is 7.71. The zero-order valence-corrected chi connectivity index (χ0v) is 20.9. The number of morpholine rings is 1. The molecule has 0 radical (unpaired) electrons. The maximum atomic E-state index is 14.0. The predicted molar refractivity (Wildman–Crippen MR) is 136 cm³/mol. The highest BCUT2D eigenvalue weighted by molar-refractivity contribution is 7.93. The first-order valence-corrected chi connectivity index (χ1v) is 13.7. The lowest BCUT2D eigenvalue weighted by Gasteiger charge is -2.27. The van der Waals surface area contributed by atoms with Gasteiger partial charge in [-0.2, -0.15) is 5.26 Å². The zero-order chi connectivity index (χ0) is 25.0. The number of likely N-dealkylation sites (tertiary alicyclic amines) is 1. The fourth-order valence-electron chi connectivity index (χ4n) is 5.93. The van der Waals surface area contributed by atoms with E-state index in [1.165, 1.54) is 4.31 Å². The van der Waals surface area contributed by atoms with E-state index in [2.05, 4.69) is 21.6 Å². The number of anilines is 2. The van der Waals surface area contributed by atoms with Crippen LogP contribution in [-0.2, 0) is 21.2 Å². The minimum atomic E-state index is -3.94. The summed E-state index contributed by atoms with van der Waals surface area (Å²) < 4.78 is 35.0. The number of rotatable bonds is 6. The molecule has 0 amide bonds. The Labute approximate surface area is 211 Å². The summed E-state index contributed by atoms with van der Waals surface area (Å²) in [5.41, 5.74) is 4.47. The molecule has 9 nitrogen and oxygen atoms in total. The Bertz CT molecular complexity index is 1400. The van der Waals surface area contributed by atoms with Gasteiger partial charge in [0.2, 0.25) is 0 Å². The standard InChI is InChI=1S/C26H29N5O4S/c1-16-13-29-26(32)21-3-2-4-24(25(16)21)36(33,34)31-7-5-20-22(9-17(12-27)10-23(20)31)28-6-8-30-14-19-11-18(30)15-35-19/h2-4,9-10,13,18-19,26,28-29,32H,5-8,11,14-15H2,1H3/t18-,19-,26?/m0/s1. The Hall–Kier alpha value is -3.10. The smallest absolute Gasteiger partial charge is 0.264 e. The van der Waals surface area contributed by atoms with E-state index in [-0.39, 0.29) is 4.90 Å². The number of hydrogen-bond acceptors (Lipinski definition) is 8. The number of aliphatic hydroxyl groups excluding tert-OH is 1. The van der Waals surface area contributed by atoms with Crippen LogP contribution in [0, 0.1) is 11.3 Å². The Kier molecular flexibility index (Phi) is 5.68. The summed E-state index contributed by atoms with van der Waals surface area (Å²) in [5, 5.41) is 26.4. The zero-order valence-electron chi connectivity index (χ0n) is 20.1. The lowest BCUT2D eigenvalue weighted by molar-refractivity contribution is 0.0324. The molecule has 4 heterocycles. The minimum absolute atomic E-state index is 0.158. The van der Waals surface area contributed by atoms with Gasteiger partial charge in [-0.3, -0.25) is 9.21 Å². The molecular formula is C26H29N5O4S. The highest BCUT2D eigenvalue weighted by Crippen LogP contribution is 2.41. The van der Waals surface area contributed by atoms with Crippen LogP contribution in [0.2, 0.25) is 0 Å². The van der Waals surface area contributed by atoms with Gasteiger partial charge in [-0.25, -0.2) is 8.42 Å². The second-order valence-electron chi connectivity index (χ2n) is 9.84. The van der Waals surface area contributed by atoms with E-state index in [0.717, 1.165) is 42.9 Å². The second-order valence-corrected chi connectivity index (χ2v) is 11.7. The average molecular weight is 508 g/mol. The highest BCUT2D eigenvalue weighted by Gasteiger charge is 2.39. The minimum Gasteiger partial charge on any atom is -0.383 e. The first-order valence-electron chi connectivity index (χ1n) is 12.3. The first-order chi connectivity index (χ1) is 17.4. The molecule has 36 heavy (non-hydrogen) atoms. The Morgan fingerprint density at radius 2 is 2.19 bits per heavy atom. The molecule has 2 saturated heterocycles. The third-order valence-electron chi connectivity index (χ3n) is 7.69. The van der Waals surface area contributed by atoms with Crippen molar-refractivity contribution in [3.8, 4) is 6.07 Å². The van der Waals surface area contributed by atoms with Gasteiger partial charge in [-0.05, 0) is 43.5 Å². The van der Waals surface area contributed by atoms with Crippen molar-refractivity contribution in [2.24, 2.45) is 0 Å². The van der Waals surface area contributed by atoms with Crippen LogP contribution in [0.1, 0.15) is 41.8 Å². The summed E-state index contributed by atoms with van der Waals surface area (Å²) in [6.45, 7) is 5.44. The lowest BCUT2D eigenvalue weighted by atomic mass is 9.98. The van der Waals surface area contributed by atoms with Gasteiger partial charge < -0.3 is 20.5 Å². The molecule has 2 bridgehead atoms. The van der Waals surface area contributed by atoms with Crippen LogP contribution >= 0.6 is 0 Å². The number of benzene rings is 2. The SMILES string of the molecule is CC1=CNC(O)c2cccc(S(=O)(=O)N3CCc4c(NCCN5C[C@@H]6C[C@H]5CO6)cc(C#N)cc43)c21. The summed E-state index contributed by atoms with van der Waals surface area (Å²) in [7, 11) is -3.94. The molecular weight excluding hydrogens is 478 g/mol. The molecule has 188 valence electrons. The third-order valence-corrected chi connectivity index (χ3v) is 9.55.